The molecule has 0 fully saturated rings. The summed E-state index contributed by atoms with van der Waals surface area (Å²) in [5.74, 6) is 0.795. The lowest BCUT2D eigenvalue weighted by Crippen LogP contribution is -2.28. The molecule has 2 rings (SSSR count). The van der Waals surface area contributed by atoms with Crippen LogP contribution in [0.5, 0.6) is 0 Å². The monoisotopic (exact) mass is 184 g/mol. The summed E-state index contributed by atoms with van der Waals surface area (Å²) in [6, 6.07) is 0. The van der Waals surface area contributed by atoms with Crippen molar-refractivity contribution in [1.29, 1.82) is 0 Å². The predicted octanol–water partition coefficient (Wildman–Crippen LogP) is 0.982. The Kier molecular flexibility index (Phi) is 3.31. The van der Waals surface area contributed by atoms with Gasteiger partial charge in [-0.2, -0.15) is 5.16 Å². The number of rotatable bonds is 0. The fourth-order valence-electron chi connectivity index (χ4n) is 1.37. The van der Waals surface area contributed by atoms with E-state index in [2.05, 4.69) is 10.1 Å². The Balaban J connectivity index is 0.000000396. The van der Waals surface area contributed by atoms with Gasteiger partial charge < -0.3 is 4.52 Å². The van der Waals surface area contributed by atoms with Gasteiger partial charge in [-0.15, -0.1) is 0 Å². The molecule has 1 aliphatic heterocycles. The molecule has 0 amide bonds. The smallest absolute Gasteiger partial charge is 0.283 e. The molecule has 0 bridgehead atoms. The van der Waals surface area contributed by atoms with Gasteiger partial charge >= 0.3 is 0 Å². The molecule has 0 unspecified atom stereocenters. The Morgan fingerprint density at radius 1 is 1.46 bits per heavy atom. The first-order valence-electron chi connectivity index (χ1n) is 4.65. The summed E-state index contributed by atoms with van der Waals surface area (Å²) < 4.78 is 4.98. The van der Waals surface area contributed by atoms with Crippen molar-refractivity contribution >= 4 is 0 Å². The molecule has 13 heavy (non-hydrogen) atoms. The molecule has 2 heterocycles. The Bertz CT molecular complexity index is 314. The van der Waals surface area contributed by atoms with E-state index in [4.69, 9.17) is 4.52 Å². The summed E-state index contributed by atoms with van der Waals surface area (Å²) in [7, 11) is 2.01. The first kappa shape index (κ1) is 10.1. The zero-order valence-corrected chi connectivity index (χ0v) is 8.39. The highest BCUT2D eigenvalue weighted by atomic mass is 16.5. The third kappa shape index (κ3) is 2.01. The molecule has 0 aromatic carbocycles. The maximum atomic E-state index is 11.0. The maximum Gasteiger partial charge on any atom is 0.283 e. The normalized spacial score (nSPS) is 15.9. The number of likely N-dealkylation sites (N-methyl/N-ethyl adjacent to an activating group) is 1. The fourth-order valence-corrected chi connectivity index (χ4v) is 1.37. The highest BCUT2D eigenvalue weighted by Crippen LogP contribution is 2.12. The highest BCUT2D eigenvalue weighted by molar-refractivity contribution is 5.16. The molecule has 4 heteroatoms. The van der Waals surface area contributed by atoms with Crippen molar-refractivity contribution in [2.75, 3.05) is 13.6 Å². The third-order valence-electron chi connectivity index (χ3n) is 2.03. The van der Waals surface area contributed by atoms with E-state index in [0.717, 1.165) is 30.8 Å². The molecule has 0 spiro atoms. The highest BCUT2D eigenvalue weighted by Gasteiger charge is 2.19. The largest absolute Gasteiger partial charge is 0.382 e. The van der Waals surface area contributed by atoms with Gasteiger partial charge in [0.25, 0.3) is 5.56 Å². The minimum atomic E-state index is -0.0619. The number of aromatic amines is 1. The minimum Gasteiger partial charge on any atom is -0.382 e. The van der Waals surface area contributed by atoms with Crippen molar-refractivity contribution in [2.45, 2.75) is 26.8 Å². The quantitative estimate of drug-likeness (QED) is 0.654. The molecule has 0 atom stereocenters. The van der Waals surface area contributed by atoms with Crippen LogP contribution >= 0.6 is 0 Å². The van der Waals surface area contributed by atoms with Gasteiger partial charge in [-0.25, -0.2) is 0 Å². The van der Waals surface area contributed by atoms with Gasteiger partial charge in [-0.1, -0.05) is 13.8 Å². The second-order valence-corrected chi connectivity index (χ2v) is 2.92. The maximum absolute atomic E-state index is 11.0. The Hall–Kier alpha value is -1.03. The third-order valence-corrected chi connectivity index (χ3v) is 2.03. The molecule has 0 radical (unpaired) electrons. The molecule has 1 aliphatic rings. The first-order valence-corrected chi connectivity index (χ1v) is 4.65. The second-order valence-electron chi connectivity index (χ2n) is 2.92. The number of aromatic nitrogens is 1. The van der Waals surface area contributed by atoms with Gasteiger partial charge in [0.2, 0.25) is 0 Å². The van der Waals surface area contributed by atoms with Gasteiger partial charge in [0.05, 0.1) is 12.1 Å². The second kappa shape index (κ2) is 4.28. The van der Waals surface area contributed by atoms with Gasteiger partial charge in [-0.3, -0.25) is 9.69 Å². The SMILES string of the molecule is CC.CN1CCc2c(o[nH]c2=O)C1. The van der Waals surface area contributed by atoms with Crippen molar-refractivity contribution in [3.63, 3.8) is 0 Å². The Morgan fingerprint density at radius 2 is 2.15 bits per heavy atom. The summed E-state index contributed by atoms with van der Waals surface area (Å²) in [6.45, 7) is 5.68. The van der Waals surface area contributed by atoms with E-state index in [1.54, 1.807) is 0 Å². The van der Waals surface area contributed by atoms with E-state index >= 15 is 0 Å². The van der Waals surface area contributed by atoms with Crippen LogP contribution in [0.25, 0.3) is 0 Å². The lowest BCUT2D eigenvalue weighted by Gasteiger charge is -2.18. The molecule has 0 saturated carbocycles. The van der Waals surface area contributed by atoms with Crippen LogP contribution in [-0.2, 0) is 13.0 Å². The number of fused-ring (bicyclic) bond motifs is 1. The van der Waals surface area contributed by atoms with Crippen molar-refractivity contribution in [3.05, 3.63) is 21.7 Å². The minimum absolute atomic E-state index is 0.0619. The van der Waals surface area contributed by atoms with Crippen LogP contribution in [0.15, 0.2) is 9.32 Å². The average Bonchev–Trinajstić information content (AvgIpc) is 2.51. The van der Waals surface area contributed by atoms with E-state index in [9.17, 15) is 4.79 Å². The van der Waals surface area contributed by atoms with Gasteiger partial charge in [-0.05, 0) is 13.5 Å². The number of nitrogens with zero attached hydrogens (tertiary/aromatic N) is 1. The van der Waals surface area contributed by atoms with Crippen LogP contribution in [0.2, 0.25) is 0 Å². The fraction of sp³-hybridized carbons (Fsp3) is 0.667. The van der Waals surface area contributed by atoms with Crippen LogP contribution in [0.1, 0.15) is 25.2 Å². The van der Waals surface area contributed by atoms with Crippen LogP contribution in [0, 0.1) is 0 Å². The summed E-state index contributed by atoms with van der Waals surface area (Å²) in [5, 5.41) is 2.34. The van der Waals surface area contributed by atoms with E-state index in [1.165, 1.54) is 0 Å². The molecule has 74 valence electrons. The predicted molar refractivity (Wildman–Crippen MR) is 50.7 cm³/mol. The Labute approximate surface area is 77.5 Å². The van der Waals surface area contributed by atoms with Crippen molar-refractivity contribution in [2.24, 2.45) is 0 Å². The van der Waals surface area contributed by atoms with Crippen molar-refractivity contribution in [3.8, 4) is 0 Å². The van der Waals surface area contributed by atoms with Crippen molar-refractivity contribution < 1.29 is 4.52 Å². The average molecular weight is 184 g/mol. The summed E-state index contributed by atoms with van der Waals surface area (Å²) in [4.78, 5) is 13.1. The topological polar surface area (TPSA) is 49.2 Å². The molecule has 4 nitrogen and oxygen atoms in total. The number of nitrogens with one attached hydrogen (secondary N) is 1. The Morgan fingerprint density at radius 3 is 2.85 bits per heavy atom. The molecule has 1 aromatic heterocycles. The molecule has 1 aromatic rings. The standard InChI is InChI=1S/C7H10N2O2.C2H6/c1-9-3-2-5-6(4-9)11-8-7(5)10;1-2/h2-4H2,1H3,(H,8,10);1-2H3. The zero-order valence-electron chi connectivity index (χ0n) is 8.39. The van der Waals surface area contributed by atoms with E-state index in [0.29, 0.717) is 0 Å². The van der Waals surface area contributed by atoms with Crippen LogP contribution in [0.3, 0.4) is 0 Å². The van der Waals surface area contributed by atoms with Gasteiger partial charge in [0.1, 0.15) is 0 Å². The van der Waals surface area contributed by atoms with E-state index in [-0.39, 0.29) is 5.56 Å². The molecule has 0 saturated heterocycles. The lowest BCUT2D eigenvalue weighted by atomic mass is 10.1. The van der Waals surface area contributed by atoms with Crippen LogP contribution in [-0.4, -0.2) is 23.6 Å². The molecular weight excluding hydrogens is 168 g/mol. The van der Waals surface area contributed by atoms with Crippen LogP contribution in [0.4, 0.5) is 0 Å². The lowest BCUT2D eigenvalue weighted by molar-refractivity contribution is 0.257. The van der Waals surface area contributed by atoms with Gasteiger partial charge in [0, 0.05) is 6.54 Å². The number of hydrogen-bond acceptors (Lipinski definition) is 3. The first-order chi connectivity index (χ1) is 6.27. The number of H-pyrrole nitrogens is 1. The molecule has 1 N–H and O–H groups in total. The zero-order chi connectivity index (χ0) is 9.84. The summed E-state index contributed by atoms with van der Waals surface area (Å²) >= 11 is 0. The van der Waals surface area contributed by atoms with E-state index < -0.39 is 0 Å². The van der Waals surface area contributed by atoms with E-state index in [1.807, 2.05) is 20.9 Å². The van der Waals surface area contributed by atoms with Crippen molar-refractivity contribution in [1.82, 2.24) is 10.1 Å². The van der Waals surface area contributed by atoms with Crippen LogP contribution < -0.4 is 5.56 Å². The molecule has 0 aliphatic carbocycles. The number of hydrogen-bond donors (Lipinski definition) is 1. The summed E-state index contributed by atoms with van der Waals surface area (Å²) in [5.41, 5.74) is 0.760. The van der Waals surface area contributed by atoms with Gasteiger partial charge in [0.15, 0.2) is 5.76 Å². The molecular formula is C9H16N2O2. The summed E-state index contributed by atoms with van der Waals surface area (Å²) in [6.07, 6.45) is 0.803.